The van der Waals surface area contributed by atoms with Crippen LogP contribution in [0.1, 0.15) is 69.3 Å². The molecule has 1 aliphatic rings. The number of aromatic hydroxyl groups is 1. The lowest BCUT2D eigenvalue weighted by atomic mass is 9.78. The first-order chi connectivity index (χ1) is 26.5. The maximum Gasteiger partial charge on any atom is 0.418 e. The number of carbonyl (C=O) groups is 3. The molecule has 15 heteroatoms. The molecule has 10 nitrogen and oxygen atoms in total. The van der Waals surface area contributed by atoms with Gasteiger partial charge < -0.3 is 36.1 Å². The molecule has 0 saturated heterocycles. The van der Waals surface area contributed by atoms with E-state index in [4.69, 9.17) is 17.0 Å². The van der Waals surface area contributed by atoms with E-state index >= 15 is 0 Å². The predicted octanol–water partition coefficient (Wildman–Crippen LogP) is 7.13. The Hall–Kier alpha value is -5.18. The topological polar surface area (TPSA) is 145 Å². The van der Waals surface area contributed by atoms with Crippen LogP contribution in [0, 0.1) is 17.7 Å². The van der Waals surface area contributed by atoms with Crippen LogP contribution < -0.4 is 26.0 Å². The van der Waals surface area contributed by atoms with Crippen molar-refractivity contribution in [1.29, 1.82) is 0 Å². The van der Waals surface area contributed by atoms with E-state index in [1.165, 1.54) is 37.4 Å². The lowest BCUT2D eigenvalue weighted by molar-refractivity contribution is -0.137. The van der Waals surface area contributed by atoms with Crippen LogP contribution in [-0.2, 0) is 39.8 Å². The summed E-state index contributed by atoms with van der Waals surface area (Å²) in [5.74, 6) is -3.00. The summed E-state index contributed by atoms with van der Waals surface area (Å²) in [5.41, 5.74) is -1.12. The van der Waals surface area contributed by atoms with Crippen molar-refractivity contribution in [1.82, 2.24) is 20.9 Å². The van der Waals surface area contributed by atoms with Crippen molar-refractivity contribution < 1.29 is 41.8 Å². The smallest absolute Gasteiger partial charge is 0.418 e. The number of aryl methyl sites for hydroxylation is 1. The summed E-state index contributed by atoms with van der Waals surface area (Å²) in [6, 6.07) is 12.3. The fourth-order valence-electron chi connectivity index (χ4n) is 7.09. The number of rotatable bonds is 14. The molecule has 0 bridgehead atoms. The summed E-state index contributed by atoms with van der Waals surface area (Å²) in [6.45, 7) is 7.40. The van der Waals surface area contributed by atoms with Gasteiger partial charge in [-0.3, -0.25) is 14.4 Å². The van der Waals surface area contributed by atoms with Crippen LogP contribution in [0.3, 0.4) is 0 Å². The number of benzene rings is 3. The zero-order valence-electron chi connectivity index (χ0n) is 31.8. The number of anilines is 1. The summed E-state index contributed by atoms with van der Waals surface area (Å²) in [7, 11) is 1.42. The number of halogens is 4. The van der Waals surface area contributed by atoms with Crippen molar-refractivity contribution in [3.63, 3.8) is 0 Å². The lowest BCUT2D eigenvalue weighted by Gasteiger charge is -2.40. The van der Waals surface area contributed by atoms with Gasteiger partial charge in [0, 0.05) is 29.3 Å². The van der Waals surface area contributed by atoms with Gasteiger partial charge in [0.25, 0.3) is 0 Å². The molecular weight excluding hydrogens is 751 g/mol. The molecular formula is C41H47F4N5O5S. The molecule has 0 fully saturated rings. The first kappa shape index (κ1) is 42.0. The number of para-hydroxylation sites is 1. The number of phenolic OH excluding ortho intramolecular Hbond substituents is 1. The van der Waals surface area contributed by atoms with E-state index in [0.29, 0.717) is 29.8 Å². The molecule has 3 amide bonds. The number of aromatic nitrogens is 1. The van der Waals surface area contributed by atoms with E-state index in [2.05, 4.69) is 26.3 Å². The third-order valence-corrected chi connectivity index (χ3v) is 11.1. The maximum absolute atomic E-state index is 14.8. The molecule has 2 unspecified atom stereocenters. The molecule has 0 spiro atoms. The van der Waals surface area contributed by atoms with Crippen molar-refractivity contribution >= 4 is 51.5 Å². The van der Waals surface area contributed by atoms with Gasteiger partial charge in [-0.15, -0.1) is 0 Å². The summed E-state index contributed by atoms with van der Waals surface area (Å²) in [6.07, 6.45) is -3.99. The zero-order chi connectivity index (χ0) is 40.9. The Balaban J connectivity index is 1.51. The van der Waals surface area contributed by atoms with Crippen LogP contribution in [-0.4, -0.2) is 57.5 Å². The minimum Gasteiger partial charge on any atom is -0.504 e. The molecule has 300 valence electrons. The van der Waals surface area contributed by atoms with Gasteiger partial charge in [-0.2, -0.15) is 13.2 Å². The molecule has 4 aromatic rings. The summed E-state index contributed by atoms with van der Waals surface area (Å²) in [4.78, 5) is 45.7. The van der Waals surface area contributed by atoms with Gasteiger partial charge in [-0.05, 0) is 60.1 Å². The highest BCUT2D eigenvalue weighted by Crippen LogP contribution is 2.40. The van der Waals surface area contributed by atoms with E-state index in [0.717, 1.165) is 6.07 Å². The van der Waals surface area contributed by atoms with Crippen molar-refractivity contribution in [3.8, 4) is 11.5 Å². The Morgan fingerprint density at radius 3 is 2.32 bits per heavy atom. The predicted molar refractivity (Wildman–Crippen MR) is 210 cm³/mol. The fourth-order valence-corrected chi connectivity index (χ4v) is 7.50. The second-order valence-corrected chi connectivity index (χ2v) is 14.9. The highest BCUT2D eigenvalue weighted by atomic mass is 32.1. The van der Waals surface area contributed by atoms with Crippen LogP contribution in [0.5, 0.6) is 11.5 Å². The van der Waals surface area contributed by atoms with Crippen LogP contribution >= 0.6 is 12.2 Å². The normalized spacial score (nSPS) is 17.5. The number of carbonyl (C=O) groups excluding carboxylic acids is 3. The second kappa shape index (κ2) is 17.3. The minimum absolute atomic E-state index is 0.00190. The van der Waals surface area contributed by atoms with E-state index in [9.17, 15) is 37.1 Å². The first-order valence-corrected chi connectivity index (χ1v) is 19.0. The quantitative estimate of drug-likeness (QED) is 0.0589. The molecule has 56 heavy (non-hydrogen) atoms. The molecule has 1 aliphatic carbocycles. The Labute approximate surface area is 328 Å². The molecule has 0 radical (unpaired) electrons. The molecule has 1 heterocycles. The van der Waals surface area contributed by atoms with Crippen molar-refractivity contribution in [2.45, 2.75) is 90.0 Å². The number of amides is 3. The fraction of sp³-hybridized carbons (Fsp3) is 0.415. The van der Waals surface area contributed by atoms with Crippen molar-refractivity contribution in [2.75, 3.05) is 12.4 Å². The van der Waals surface area contributed by atoms with Gasteiger partial charge >= 0.3 is 6.18 Å². The number of methoxy groups -OCH3 is 1. The lowest BCUT2D eigenvalue weighted by Crippen LogP contribution is -2.67. The highest BCUT2D eigenvalue weighted by Gasteiger charge is 2.47. The molecule has 3 aromatic carbocycles. The van der Waals surface area contributed by atoms with Gasteiger partial charge in [0.1, 0.15) is 22.4 Å². The summed E-state index contributed by atoms with van der Waals surface area (Å²) < 4.78 is 61.9. The van der Waals surface area contributed by atoms with Gasteiger partial charge in [-0.25, -0.2) is 4.39 Å². The van der Waals surface area contributed by atoms with Gasteiger partial charge in [0.15, 0.2) is 11.5 Å². The standard InChI is InChI=1S/C41H47F4N5O5S/c1-6-22(3)34(48-33(52)19-24-11-8-9-14-29(24)42)37(53)50-40(18-17-30-27(21-40)26-12-10-13-28(36(26)47-30)41(43,44)45)39(54)49-35(23(4)7-2)38(56)46-25-15-16-32(55-5)31(51)20-25/h8-16,20,22-23,34-35,47,51H,6-7,17-19,21H2,1-5H3,(H,46,56)(H,48,52)(H,49,54)(H,50,53)/t22?,23-,34-,35?,40+/m0/s1. The first-order valence-electron chi connectivity index (χ1n) is 18.5. The van der Waals surface area contributed by atoms with E-state index in [1.807, 2.05) is 20.8 Å². The highest BCUT2D eigenvalue weighted by molar-refractivity contribution is 7.80. The molecule has 6 N–H and O–H groups in total. The Morgan fingerprint density at radius 2 is 1.68 bits per heavy atom. The third kappa shape index (κ3) is 9.09. The number of alkyl halides is 3. The number of aromatic amines is 1. The number of H-pyrrole nitrogens is 1. The van der Waals surface area contributed by atoms with Crippen LogP contribution in [0.15, 0.2) is 60.7 Å². The summed E-state index contributed by atoms with van der Waals surface area (Å²) >= 11 is 5.80. The molecule has 0 aliphatic heterocycles. The van der Waals surface area contributed by atoms with E-state index in [1.54, 1.807) is 31.2 Å². The molecule has 5 atom stereocenters. The number of phenols is 1. The molecule has 1 aromatic heterocycles. The average molecular weight is 798 g/mol. The van der Waals surface area contributed by atoms with Gasteiger partial charge in [0.2, 0.25) is 17.7 Å². The number of thiocarbonyl (C=S) groups is 1. The number of ether oxygens (including phenoxy) is 1. The largest absolute Gasteiger partial charge is 0.504 e. The van der Waals surface area contributed by atoms with E-state index in [-0.39, 0.29) is 64.6 Å². The Kier molecular flexibility index (Phi) is 13.0. The Bertz CT molecular complexity index is 2110. The summed E-state index contributed by atoms with van der Waals surface area (Å²) in [5, 5.41) is 22.4. The molecule has 0 saturated carbocycles. The van der Waals surface area contributed by atoms with Gasteiger partial charge in [0.05, 0.1) is 30.7 Å². The molecule has 5 rings (SSSR count). The third-order valence-electron chi connectivity index (χ3n) is 10.8. The number of fused-ring (bicyclic) bond motifs is 3. The van der Waals surface area contributed by atoms with Gasteiger partial charge in [-0.1, -0.05) is 83.1 Å². The average Bonchev–Trinajstić information content (AvgIpc) is 3.53. The number of nitrogens with one attached hydrogen (secondary N) is 5. The Morgan fingerprint density at radius 1 is 0.982 bits per heavy atom. The van der Waals surface area contributed by atoms with Crippen molar-refractivity contribution in [2.24, 2.45) is 11.8 Å². The van der Waals surface area contributed by atoms with Crippen LogP contribution in [0.2, 0.25) is 0 Å². The number of hydrogen-bond donors (Lipinski definition) is 6. The maximum atomic E-state index is 14.8. The monoisotopic (exact) mass is 797 g/mol. The van der Waals surface area contributed by atoms with E-state index < -0.39 is 58.8 Å². The SMILES string of the molecule is CCC(C)[C@H](NC(=O)Cc1ccccc1F)C(=O)N[C@]1(C(=O)NC(C(=S)Nc2ccc(OC)c(O)c2)[C@@H](C)CC)CCc2[nH]c3c(C(F)(F)F)cccc3c2C1. The van der Waals surface area contributed by atoms with Crippen molar-refractivity contribution in [3.05, 3.63) is 88.9 Å². The number of hydrogen-bond acceptors (Lipinski definition) is 6. The zero-order valence-corrected chi connectivity index (χ0v) is 32.6. The second-order valence-electron chi connectivity index (χ2n) is 14.5. The minimum atomic E-state index is -4.65. The van der Waals surface area contributed by atoms with Crippen LogP contribution in [0.25, 0.3) is 10.9 Å². The van der Waals surface area contributed by atoms with Crippen LogP contribution in [0.4, 0.5) is 23.2 Å².